The summed E-state index contributed by atoms with van der Waals surface area (Å²) in [7, 11) is 0. The minimum absolute atomic E-state index is 0.131. The van der Waals surface area contributed by atoms with E-state index in [2.05, 4.69) is 24.3 Å². The van der Waals surface area contributed by atoms with Crippen molar-refractivity contribution in [3.63, 3.8) is 0 Å². The van der Waals surface area contributed by atoms with Crippen LogP contribution in [0, 0.1) is 0 Å². The molecule has 2 unspecified atom stereocenters. The Morgan fingerprint density at radius 1 is 1.62 bits per heavy atom. The normalized spacial score (nSPS) is 15.4. The van der Waals surface area contributed by atoms with E-state index in [1.807, 2.05) is 23.9 Å². The summed E-state index contributed by atoms with van der Waals surface area (Å²) >= 11 is 0. The maximum Gasteiger partial charge on any atom is 0.148 e. The number of hydrogen-bond acceptors (Lipinski definition) is 3. The SMILES string of the molecule is CCn1ccc(NC(C)C(C)N)n1. The van der Waals surface area contributed by atoms with Gasteiger partial charge in [0, 0.05) is 30.9 Å². The molecule has 0 radical (unpaired) electrons. The van der Waals surface area contributed by atoms with Crippen LogP contribution in [-0.4, -0.2) is 21.9 Å². The Hall–Kier alpha value is -1.03. The van der Waals surface area contributed by atoms with Gasteiger partial charge in [0.25, 0.3) is 0 Å². The molecule has 1 aromatic heterocycles. The first-order valence-electron chi connectivity index (χ1n) is 4.69. The number of nitrogens with two attached hydrogens (primary N) is 1. The fourth-order valence-electron chi connectivity index (χ4n) is 0.979. The molecule has 0 aromatic carbocycles. The molecule has 74 valence electrons. The third-order valence-corrected chi connectivity index (χ3v) is 2.13. The Bertz CT molecular complexity index is 254. The van der Waals surface area contributed by atoms with E-state index in [9.17, 15) is 0 Å². The molecule has 0 aliphatic carbocycles. The molecule has 0 aliphatic heterocycles. The van der Waals surface area contributed by atoms with Crippen LogP contribution in [0.25, 0.3) is 0 Å². The zero-order valence-electron chi connectivity index (χ0n) is 8.49. The Kier molecular flexibility index (Phi) is 3.31. The van der Waals surface area contributed by atoms with E-state index in [0.29, 0.717) is 0 Å². The maximum absolute atomic E-state index is 5.73. The first-order valence-corrected chi connectivity index (χ1v) is 4.69. The minimum atomic E-state index is 0.131. The van der Waals surface area contributed by atoms with Gasteiger partial charge in [-0.1, -0.05) is 0 Å². The van der Waals surface area contributed by atoms with Gasteiger partial charge in [0.1, 0.15) is 5.82 Å². The molecule has 1 heterocycles. The van der Waals surface area contributed by atoms with Crippen molar-refractivity contribution in [2.45, 2.75) is 39.4 Å². The van der Waals surface area contributed by atoms with Crippen LogP contribution < -0.4 is 11.1 Å². The van der Waals surface area contributed by atoms with E-state index < -0.39 is 0 Å². The molecular weight excluding hydrogens is 164 g/mol. The molecule has 1 aromatic rings. The van der Waals surface area contributed by atoms with Crippen molar-refractivity contribution in [3.05, 3.63) is 12.3 Å². The van der Waals surface area contributed by atoms with Crippen LogP contribution in [0.1, 0.15) is 20.8 Å². The summed E-state index contributed by atoms with van der Waals surface area (Å²) in [4.78, 5) is 0. The zero-order chi connectivity index (χ0) is 9.84. The lowest BCUT2D eigenvalue weighted by Gasteiger charge is -2.16. The molecule has 3 N–H and O–H groups in total. The molecule has 0 aliphatic rings. The lowest BCUT2D eigenvalue weighted by Crippen LogP contribution is -2.35. The van der Waals surface area contributed by atoms with Gasteiger partial charge in [-0.15, -0.1) is 0 Å². The quantitative estimate of drug-likeness (QED) is 0.731. The van der Waals surface area contributed by atoms with Crippen molar-refractivity contribution < 1.29 is 0 Å². The first kappa shape index (κ1) is 10.1. The van der Waals surface area contributed by atoms with Crippen LogP contribution in [0.2, 0.25) is 0 Å². The van der Waals surface area contributed by atoms with Gasteiger partial charge in [0.2, 0.25) is 0 Å². The molecular formula is C9H18N4. The van der Waals surface area contributed by atoms with Crippen LogP contribution in [-0.2, 0) is 6.54 Å². The van der Waals surface area contributed by atoms with Crippen molar-refractivity contribution in [1.82, 2.24) is 9.78 Å². The maximum atomic E-state index is 5.73. The first-order chi connectivity index (χ1) is 6.13. The topological polar surface area (TPSA) is 55.9 Å². The Morgan fingerprint density at radius 3 is 2.77 bits per heavy atom. The van der Waals surface area contributed by atoms with Gasteiger partial charge >= 0.3 is 0 Å². The predicted molar refractivity (Wildman–Crippen MR) is 54.6 cm³/mol. The van der Waals surface area contributed by atoms with Gasteiger partial charge in [-0.2, -0.15) is 5.10 Å². The molecule has 4 heteroatoms. The van der Waals surface area contributed by atoms with E-state index in [1.54, 1.807) is 0 Å². The average molecular weight is 182 g/mol. The minimum Gasteiger partial charge on any atom is -0.365 e. The molecule has 4 nitrogen and oxygen atoms in total. The number of anilines is 1. The van der Waals surface area contributed by atoms with Gasteiger partial charge < -0.3 is 11.1 Å². The van der Waals surface area contributed by atoms with E-state index in [-0.39, 0.29) is 12.1 Å². The molecule has 1 rings (SSSR count). The van der Waals surface area contributed by atoms with Gasteiger partial charge in [-0.05, 0) is 20.8 Å². The molecule has 0 bridgehead atoms. The van der Waals surface area contributed by atoms with E-state index in [0.717, 1.165) is 12.4 Å². The van der Waals surface area contributed by atoms with Gasteiger partial charge in [0.15, 0.2) is 0 Å². The van der Waals surface area contributed by atoms with Gasteiger partial charge in [-0.25, -0.2) is 0 Å². The number of aromatic nitrogens is 2. The highest BCUT2D eigenvalue weighted by atomic mass is 15.3. The second-order valence-electron chi connectivity index (χ2n) is 3.35. The van der Waals surface area contributed by atoms with E-state index >= 15 is 0 Å². The number of nitrogens with one attached hydrogen (secondary N) is 1. The van der Waals surface area contributed by atoms with Crippen molar-refractivity contribution in [2.75, 3.05) is 5.32 Å². The molecule has 0 saturated carbocycles. The smallest absolute Gasteiger partial charge is 0.148 e. The van der Waals surface area contributed by atoms with Crippen molar-refractivity contribution in [2.24, 2.45) is 5.73 Å². The Labute approximate surface area is 79.1 Å². The largest absolute Gasteiger partial charge is 0.365 e. The number of nitrogens with zero attached hydrogens (tertiary/aromatic N) is 2. The van der Waals surface area contributed by atoms with Crippen LogP contribution in [0.4, 0.5) is 5.82 Å². The highest BCUT2D eigenvalue weighted by molar-refractivity contribution is 5.33. The fourth-order valence-corrected chi connectivity index (χ4v) is 0.979. The summed E-state index contributed by atoms with van der Waals surface area (Å²) in [6, 6.07) is 2.34. The third kappa shape index (κ3) is 2.73. The lowest BCUT2D eigenvalue weighted by atomic mass is 10.2. The van der Waals surface area contributed by atoms with Crippen LogP contribution in [0.3, 0.4) is 0 Å². The molecule has 2 atom stereocenters. The number of hydrogen-bond donors (Lipinski definition) is 2. The molecule has 13 heavy (non-hydrogen) atoms. The predicted octanol–water partition coefficient (Wildman–Crippen LogP) is 1.05. The zero-order valence-corrected chi connectivity index (χ0v) is 8.49. The van der Waals surface area contributed by atoms with Crippen molar-refractivity contribution >= 4 is 5.82 Å². The molecule has 0 fully saturated rings. The van der Waals surface area contributed by atoms with Gasteiger partial charge in [0.05, 0.1) is 0 Å². The Morgan fingerprint density at radius 2 is 2.31 bits per heavy atom. The van der Waals surface area contributed by atoms with Crippen LogP contribution in [0.5, 0.6) is 0 Å². The van der Waals surface area contributed by atoms with Crippen LogP contribution in [0.15, 0.2) is 12.3 Å². The average Bonchev–Trinajstić information content (AvgIpc) is 2.52. The van der Waals surface area contributed by atoms with E-state index in [4.69, 9.17) is 5.73 Å². The third-order valence-electron chi connectivity index (χ3n) is 2.13. The lowest BCUT2D eigenvalue weighted by molar-refractivity contribution is 0.624. The summed E-state index contributed by atoms with van der Waals surface area (Å²) in [6.45, 7) is 6.99. The fraction of sp³-hybridized carbons (Fsp3) is 0.667. The summed E-state index contributed by atoms with van der Waals surface area (Å²) in [5, 5.41) is 7.54. The molecule has 0 saturated heterocycles. The summed E-state index contributed by atoms with van der Waals surface area (Å²) in [6.07, 6.45) is 1.95. The highest BCUT2D eigenvalue weighted by Crippen LogP contribution is 2.05. The monoisotopic (exact) mass is 182 g/mol. The summed E-state index contributed by atoms with van der Waals surface area (Å²) in [5.74, 6) is 0.895. The summed E-state index contributed by atoms with van der Waals surface area (Å²) in [5.41, 5.74) is 5.73. The van der Waals surface area contributed by atoms with Crippen molar-refractivity contribution in [1.29, 1.82) is 0 Å². The van der Waals surface area contributed by atoms with Crippen LogP contribution >= 0.6 is 0 Å². The standard InChI is InChI=1S/C9H18N4/c1-4-13-6-5-9(12-13)11-8(3)7(2)10/h5-8H,4,10H2,1-3H3,(H,11,12). The van der Waals surface area contributed by atoms with E-state index in [1.165, 1.54) is 0 Å². The van der Waals surface area contributed by atoms with Gasteiger partial charge in [-0.3, -0.25) is 4.68 Å². The molecule has 0 spiro atoms. The second kappa shape index (κ2) is 4.28. The number of rotatable bonds is 4. The highest BCUT2D eigenvalue weighted by Gasteiger charge is 2.07. The summed E-state index contributed by atoms with van der Waals surface area (Å²) < 4.78 is 1.89. The van der Waals surface area contributed by atoms with Crippen molar-refractivity contribution in [3.8, 4) is 0 Å². The second-order valence-corrected chi connectivity index (χ2v) is 3.35. The molecule has 0 amide bonds. The Balaban J connectivity index is 2.53. The number of aryl methyl sites for hydroxylation is 1.